The summed E-state index contributed by atoms with van der Waals surface area (Å²) in [6, 6.07) is 0. The van der Waals surface area contributed by atoms with Crippen LogP contribution in [-0.4, -0.2) is 82.7 Å². The van der Waals surface area contributed by atoms with Crippen LogP contribution in [0.3, 0.4) is 0 Å². The first-order chi connectivity index (χ1) is 8.95. The van der Waals surface area contributed by atoms with Gasteiger partial charge in [0.15, 0.2) is 0 Å². The molecule has 0 spiro atoms. The van der Waals surface area contributed by atoms with Crippen molar-refractivity contribution in [2.75, 3.05) is 12.4 Å². The average Bonchev–Trinajstić information content (AvgIpc) is 2.34. The van der Waals surface area contributed by atoms with Gasteiger partial charge in [-0.3, -0.25) is 9.35 Å². The summed E-state index contributed by atoms with van der Waals surface area (Å²) in [4.78, 5) is 10.8. The van der Waals surface area contributed by atoms with Crippen LogP contribution in [0.5, 0.6) is 0 Å². The van der Waals surface area contributed by atoms with E-state index in [1.54, 1.807) is 6.92 Å². The summed E-state index contributed by atoms with van der Waals surface area (Å²) in [6.45, 7) is 2.30. The minimum Gasteiger partial charge on any atom is -0.466 e. The third-order valence-corrected chi connectivity index (χ3v) is 3.65. The second kappa shape index (κ2) is 14.9. The topological polar surface area (TPSA) is 80.7 Å². The van der Waals surface area contributed by atoms with Crippen molar-refractivity contribution in [3.63, 3.8) is 0 Å². The molecular weight excluding hydrogens is 307 g/mol. The molecule has 0 bridgehead atoms. The number of carbonyl (C=O) groups excluding carboxylic acids is 1. The van der Waals surface area contributed by atoms with E-state index in [2.05, 4.69) is 0 Å². The summed E-state index contributed by atoms with van der Waals surface area (Å²) < 4.78 is 34.4. The van der Waals surface area contributed by atoms with Crippen LogP contribution < -0.4 is 0 Å². The summed E-state index contributed by atoms with van der Waals surface area (Å²) >= 11 is 0. The standard InChI is InChI=1S/C13H26O5S.K/c1-2-13(14)18-11-9-7-5-3-4-6-8-10-12-19(15,16)17;/h2-12H2,1H3,(H,15,16,17);. The van der Waals surface area contributed by atoms with Crippen molar-refractivity contribution in [3.05, 3.63) is 0 Å². The van der Waals surface area contributed by atoms with Gasteiger partial charge in [-0.05, 0) is 12.8 Å². The maximum absolute atomic E-state index is 10.8. The molecule has 0 rings (SSSR count). The molecule has 1 radical (unpaired) electrons. The molecule has 7 heteroatoms. The first-order valence-corrected chi connectivity index (χ1v) is 8.67. The molecule has 0 aliphatic rings. The van der Waals surface area contributed by atoms with E-state index in [4.69, 9.17) is 9.29 Å². The van der Waals surface area contributed by atoms with Crippen molar-refractivity contribution in [1.82, 2.24) is 0 Å². The third-order valence-electron chi connectivity index (χ3n) is 2.85. The predicted octanol–water partition coefficient (Wildman–Crippen LogP) is 2.57. The van der Waals surface area contributed by atoms with Gasteiger partial charge in [-0.1, -0.05) is 45.4 Å². The number of hydrogen-bond acceptors (Lipinski definition) is 4. The van der Waals surface area contributed by atoms with Crippen LogP contribution in [0, 0.1) is 0 Å². The van der Waals surface area contributed by atoms with E-state index in [1.807, 2.05) is 0 Å². The smallest absolute Gasteiger partial charge is 0.305 e. The molecule has 0 aliphatic heterocycles. The number of unbranched alkanes of at least 4 members (excludes halogenated alkanes) is 7. The fourth-order valence-corrected chi connectivity index (χ4v) is 2.30. The second-order valence-corrected chi connectivity index (χ2v) is 6.26. The zero-order valence-corrected chi connectivity index (χ0v) is 16.7. The van der Waals surface area contributed by atoms with Crippen molar-refractivity contribution in [2.45, 2.75) is 64.7 Å². The maximum Gasteiger partial charge on any atom is 0.305 e. The Bertz CT molecular complexity index is 330. The van der Waals surface area contributed by atoms with Gasteiger partial charge in [0.05, 0.1) is 12.4 Å². The molecule has 0 atom stereocenters. The molecule has 0 fully saturated rings. The van der Waals surface area contributed by atoms with Crippen LogP contribution in [0.2, 0.25) is 0 Å². The Labute approximate surface area is 165 Å². The van der Waals surface area contributed by atoms with Gasteiger partial charge in [0.1, 0.15) is 0 Å². The minimum atomic E-state index is -3.78. The van der Waals surface area contributed by atoms with Crippen molar-refractivity contribution in [1.29, 1.82) is 0 Å². The van der Waals surface area contributed by atoms with E-state index in [-0.39, 0.29) is 63.1 Å². The summed E-state index contributed by atoms with van der Waals surface area (Å²) in [7, 11) is -3.78. The molecule has 1 N–H and O–H groups in total. The number of esters is 1. The maximum atomic E-state index is 10.8. The molecule has 0 aromatic carbocycles. The summed E-state index contributed by atoms with van der Waals surface area (Å²) in [5, 5.41) is 0. The van der Waals surface area contributed by atoms with Crippen LogP contribution in [0.4, 0.5) is 0 Å². The fourth-order valence-electron chi connectivity index (χ4n) is 1.74. The van der Waals surface area contributed by atoms with E-state index in [9.17, 15) is 13.2 Å². The van der Waals surface area contributed by atoms with Crippen molar-refractivity contribution >= 4 is 67.5 Å². The zero-order chi connectivity index (χ0) is 14.6. The fraction of sp³-hybridized carbons (Fsp3) is 0.923. The molecule has 0 aliphatic carbocycles. The first-order valence-electron chi connectivity index (χ1n) is 7.06. The molecule has 20 heavy (non-hydrogen) atoms. The van der Waals surface area contributed by atoms with Gasteiger partial charge in [0.25, 0.3) is 10.1 Å². The number of rotatable bonds is 12. The Balaban J connectivity index is 0. The summed E-state index contributed by atoms with van der Waals surface area (Å²) in [6.07, 6.45) is 8.09. The van der Waals surface area contributed by atoms with E-state index < -0.39 is 10.1 Å². The van der Waals surface area contributed by atoms with E-state index in [1.165, 1.54) is 0 Å². The molecule has 0 saturated carbocycles. The molecular formula is C13H26KO5S. The molecule has 0 saturated heterocycles. The van der Waals surface area contributed by atoms with E-state index >= 15 is 0 Å². The van der Waals surface area contributed by atoms with Crippen molar-refractivity contribution in [2.24, 2.45) is 0 Å². The average molecular weight is 334 g/mol. The minimum absolute atomic E-state index is 0. The van der Waals surface area contributed by atoms with Crippen molar-refractivity contribution < 1.29 is 22.5 Å². The van der Waals surface area contributed by atoms with Crippen LogP contribution in [0.25, 0.3) is 0 Å². The Hall–Kier alpha value is 1.02. The van der Waals surface area contributed by atoms with Crippen LogP contribution in [-0.2, 0) is 19.6 Å². The molecule has 5 nitrogen and oxygen atoms in total. The quantitative estimate of drug-likeness (QED) is 0.257. The zero-order valence-electron chi connectivity index (χ0n) is 12.8. The third kappa shape index (κ3) is 19.0. The van der Waals surface area contributed by atoms with Gasteiger partial charge in [0.2, 0.25) is 0 Å². The monoisotopic (exact) mass is 333 g/mol. The number of ether oxygens (including phenoxy) is 1. The van der Waals surface area contributed by atoms with Crippen LogP contribution in [0.1, 0.15) is 64.7 Å². The van der Waals surface area contributed by atoms with Crippen LogP contribution >= 0.6 is 0 Å². The number of carbonyl (C=O) groups is 1. The molecule has 0 aromatic rings. The van der Waals surface area contributed by atoms with Gasteiger partial charge in [-0.15, -0.1) is 0 Å². The Morgan fingerprint density at radius 3 is 1.85 bits per heavy atom. The molecule has 0 aromatic heterocycles. The van der Waals surface area contributed by atoms with Gasteiger partial charge in [-0.25, -0.2) is 0 Å². The second-order valence-electron chi connectivity index (χ2n) is 4.69. The first kappa shape index (κ1) is 23.3. The Morgan fingerprint density at radius 2 is 1.40 bits per heavy atom. The van der Waals surface area contributed by atoms with Crippen molar-refractivity contribution in [3.8, 4) is 0 Å². The molecule has 0 unspecified atom stereocenters. The van der Waals surface area contributed by atoms with Gasteiger partial charge in [-0.2, -0.15) is 8.42 Å². The summed E-state index contributed by atoms with van der Waals surface area (Å²) in [5.74, 6) is -0.269. The SMILES string of the molecule is CCC(=O)OCCCCCCCCCCS(=O)(=O)O.[K]. The number of hydrogen-bond donors (Lipinski definition) is 1. The van der Waals surface area contributed by atoms with Gasteiger partial charge in [0, 0.05) is 57.8 Å². The van der Waals surface area contributed by atoms with Crippen LogP contribution in [0.15, 0.2) is 0 Å². The Morgan fingerprint density at radius 1 is 0.950 bits per heavy atom. The molecule has 0 amide bonds. The predicted molar refractivity (Wildman–Crippen MR) is 80.4 cm³/mol. The largest absolute Gasteiger partial charge is 0.466 e. The summed E-state index contributed by atoms with van der Waals surface area (Å²) in [5.41, 5.74) is 0. The van der Waals surface area contributed by atoms with E-state index in [0.29, 0.717) is 19.4 Å². The van der Waals surface area contributed by atoms with E-state index in [0.717, 1.165) is 44.9 Å². The Kier molecular flexibility index (Phi) is 17.4. The molecule has 115 valence electrons. The van der Waals surface area contributed by atoms with Gasteiger partial charge >= 0.3 is 5.97 Å². The van der Waals surface area contributed by atoms with Gasteiger partial charge < -0.3 is 4.74 Å². The molecule has 0 heterocycles. The normalized spacial score (nSPS) is 10.9.